The van der Waals surface area contributed by atoms with E-state index in [0.29, 0.717) is 24.6 Å². The van der Waals surface area contributed by atoms with Crippen LogP contribution in [0.2, 0.25) is 0 Å². The average Bonchev–Trinajstić information content (AvgIpc) is 3.30. The summed E-state index contributed by atoms with van der Waals surface area (Å²) < 4.78 is 87.6. The molecular weight excluding hydrogens is 484 g/mol. The molecule has 0 bridgehead atoms. The number of rotatable bonds is 7. The van der Waals surface area contributed by atoms with Gasteiger partial charge >= 0.3 is 16.6 Å². The number of hydrogen-bond acceptors (Lipinski definition) is 6. The Bertz CT molecular complexity index is 1220. The van der Waals surface area contributed by atoms with Gasteiger partial charge in [-0.25, -0.2) is 8.78 Å². The third-order valence-electron chi connectivity index (χ3n) is 4.93. The zero-order valence-electron chi connectivity index (χ0n) is 17.0. The van der Waals surface area contributed by atoms with Crippen molar-refractivity contribution in [3.8, 4) is 11.5 Å². The summed E-state index contributed by atoms with van der Waals surface area (Å²) >= 11 is 1.63. The molecule has 2 heterocycles. The molecule has 1 aliphatic heterocycles. The van der Waals surface area contributed by atoms with E-state index in [0.717, 1.165) is 22.5 Å². The van der Waals surface area contributed by atoms with Crippen LogP contribution in [0.5, 0.6) is 0 Å². The van der Waals surface area contributed by atoms with Gasteiger partial charge in [0.2, 0.25) is 5.89 Å². The van der Waals surface area contributed by atoms with Crippen LogP contribution in [0.25, 0.3) is 11.5 Å². The van der Waals surface area contributed by atoms with Crippen LogP contribution >= 0.6 is 11.8 Å². The first-order valence-corrected chi connectivity index (χ1v) is 12.3. The Kier molecular flexibility index (Phi) is 6.91. The van der Waals surface area contributed by atoms with Crippen LogP contribution < -0.4 is 4.31 Å². The minimum Gasteiger partial charge on any atom is -0.415 e. The predicted molar refractivity (Wildman–Crippen MR) is 115 cm³/mol. The van der Waals surface area contributed by atoms with Crippen LogP contribution in [0.4, 0.5) is 23.2 Å². The predicted octanol–water partition coefficient (Wildman–Crippen LogP) is 4.25. The third kappa shape index (κ3) is 5.14. The highest BCUT2D eigenvalue weighted by molar-refractivity contribution is 7.99. The highest BCUT2D eigenvalue weighted by Gasteiger charge is 2.32. The Hall–Kier alpha value is -2.64. The van der Waals surface area contributed by atoms with Crippen molar-refractivity contribution in [1.29, 1.82) is 0 Å². The van der Waals surface area contributed by atoms with Gasteiger partial charge in [0.05, 0.1) is 12.2 Å². The van der Waals surface area contributed by atoms with E-state index < -0.39 is 34.2 Å². The van der Waals surface area contributed by atoms with Crippen LogP contribution in [0.3, 0.4) is 0 Å². The molecule has 2 aromatic carbocycles. The Morgan fingerprint density at radius 3 is 2.36 bits per heavy atom. The fourth-order valence-electron chi connectivity index (χ4n) is 3.23. The second kappa shape index (κ2) is 9.69. The summed E-state index contributed by atoms with van der Waals surface area (Å²) in [5.74, 6) is -1.24. The van der Waals surface area contributed by atoms with E-state index in [1.165, 1.54) is 28.6 Å². The van der Waals surface area contributed by atoms with Crippen LogP contribution in [-0.4, -0.2) is 47.5 Å². The van der Waals surface area contributed by atoms with Gasteiger partial charge in [-0.05, 0) is 36.4 Å². The second-order valence-electron chi connectivity index (χ2n) is 7.05. The van der Waals surface area contributed by atoms with Crippen molar-refractivity contribution < 1.29 is 30.4 Å². The van der Waals surface area contributed by atoms with E-state index >= 15 is 0 Å². The number of halogens is 4. The van der Waals surface area contributed by atoms with Gasteiger partial charge < -0.3 is 4.42 Å². The molecule has 1 fully saturated rings. The summed E-state index contributed by atoms with van der Waals surface area (Å²) in [4.78, 5) is 0. The number of hydrogen-bond donors (Lipinski definition) is 0. The lowest BCUT2D eigenvalue weighted by Crippen LogP contribution is -2.47. The first-order valence-electron chi connectivity index (χ1n) is 9.77. The van der Waals surface area contributed by atoms with Gasteiger partial charge in [0.1, 0.15) is 11.6 Å². The molecule has 0 N–H and O–H groups in total. The van der Waals surface area contributed by atoms with Crippen LogP contribution in [0, 0.1) is 11.6 Å². The van der Waals surface area contributed by atoms with E-state index in [-0.39, 0.29) is 29.2 Å². The molecule has 0 amide bonds. The Morgan fingerprint density at radius 1 is 1.06 bits per heavy atom. The van der Waals surface area contributed by atoms with Crippen LogP contribution in [0.15, 0.2) is 46.9 Å². The summed E-state index contributed by atoms with van der Waals surface area (Å²) in [7, 11) is -4.03. The standard InChI is InChI=1S/C20H18F4N4O3S2/c21-15-3-5-16(6-4-15)28(33(29,30)27-7-9-32-10-8-27)12-14-2-1-13(11-17(14)22)19-25-26-20(31-19)18(23)24/h1-6,11,18H,7-10,12H2. The van der Waals surface area contributed by atoms with Crippen molar-refractivity contribution >= 4 is 27.7 Å². The topological polar surface area (TPSA) is 79.5 Å². The zero-order valence-corrected chi connectivity index (χ0v) is 18.6. The highest BCUT2D eigenvalue weighted by atomic mass is 32.2. The molecule has 3 aromatic rings. The summed E-state index contributed by atoms with van der Waals surface area (Å²) in [6.07, 6.45) is -2.96. The molecule has 0 atom stereocenters. The van der Waals surface area contributed by atoms with Gasteiger partial charge in [0, 0.05) is 35.7 Å². The summed E-state index contributed by atoms with van der Waals surface area (Å²) in [6.45, 7) is 0.237. The van der Waals surface area contributed by atoms with E-state index in [9.17, 15) is 26.0 Å². The molecule has 1 aromatic heterocycles. The fraction of sp³-hybridized carbons (Fsp3) is 0.300. The average molecular weight is 503 g/mol. The minimum absolute atomic E-state index is 0.0200. The number of alkyl halides is 2. The Morgan fingerprint density at radius 2 is 1.76 bits per heavy atom. The molecule has 0 radical (unpaired) electrons. The molecular formula is C20H18F4N4O3S2. The van der Waals surface area contributed by atoms with Gasteiger partial charge in [-0.15, -0.1) is 10.2 Å². The molecule has 176 valence electrons. The molecule has 0 unspecified atom stereocenters. The van der Waals surface area contributed by atoms with Crippen LogP contribution in [-0.2, 0) is 16.8 Å². The fourth-order valence-corrected chi connectivity index (χ4v) is 5.98. The Labute approximate surface area is 191 Å². The first-order chi connectivity index (χ1) is 15.8. The second-order valence-corrected chi connectivity index (χ2v) is 10.1. The van der Waals surface area contributed by atoms with Crippen molar-refractivity contribution in [3.05, 3.63) is 65.6 Å². The van der Waals surface area contributed by atoms with Crippen molar-refractivity contribution in [3.63, 3.8) is 0 Å². The monoisotopic (exact) mass is 502 g/mol. The summed E-state index contributed by atoms with van der Waals surface area (Å²) in [5.41, 5.74) is 0.267. The van der Waals surface area contributed by atoms with E-state index in [1.807, 2.05) is 0 Å². The lowest BCUT2D eigenvalue weighted by Gasteiger charge is -2.33. The number of thioether (sulfide) groups is 1. The van der Waals surface area contributed by atoms with Gasteiger partial charge in [0.25, 0.3) is 5.89 Å². The van der Waals surface area contributed by atoms with Gasteiger partial charge in [0.15, 0.2) is 0 Å². The SMILES string of the molecule is O=S(=O)(N1CCSCC1)N(Cc1ccc(-c2nnc(C(F)F)o2)cc1F)c1ccc(F)cc1. The molecule has 13 heteroatoms. The maximum absolute atomic E-state index is 14.9. The molecule has 0 saturated carbocycles. The normalized spacial score (nSPS) is 15.2. The third-order valence-corrected chi connectivity index (χ3v) is 7.79. The number of aromatic nitrogens is 2. The van der Waals surface area contributed by atoms with E-state index in [2.05, 4.69) is 10.2 Å². The Balaban J connectivity index is 1.66. The lowest BCUT2D eigenvalue weighted by atomic mass is 10.1. The van der Waals surface area contributed by atoms with Gasteiger partial charge in [-0.3, -0.25) is 4.31 Å². The largest absolute Gasteiger partial charge is 0.415 e. The molecule has 1 saturated heterocycles. The van der Waals surface area contributed by atoms with E-state index in [1.54, 1.807) is 11.8 Å². The molecule has 4 rings (SSSR count). The summed E-state index contributed by atoms with van der Waals surface area (Å²) in [6, 6.07) is 8.55. The summed E-state index contributed by atoms with van der Waals surface area (Å²) in [5, 5.41) is 6.69. The van der Waals surface area contributed by atoms with E-state index in [4.69, 9.17) is 4.42 Å². The number of nitrogens with zero attached hydrogens (tertiary/aromatic N) is 4. The quantitative estimate of drug-likeness (QED) is 0.450. The van der Waals surface area contributed by atoms with Crippen molar-refractivity contribution in [2.45, 2.75) is 13.0 Å². The number of benzene rings is 2. The van der Waals surface area contributed by atoms with Crippen molar-refractivity contribution in [1.82, 2.24) is 14.5 Å². The van der Waals surface area contributed by atoms with Crippen molar-refractivity contribution in [2.75, 3.05) is 28.9 Å². The molecule has 7 nitrogen and oxygen atoms in total. The van der Waals surface area contributed by atoms with Crippen molar-refractivity contribution in [2.24, 2.45) is 0 Å². The molecule has 33 heavy (non-hydrogen) atoms. The minimum atomic E-state index is -4.03. The van der Waals surface area contributed by atoms with Gasteiger partial charge in [-0.1, -0.05) is 6.07 Å². The lowest BCUT2D eigenvalue weighted by molar-refractivity contribution is 0.116. The molecule has 0 aliphatic carbocycles. The molecule has 1 aliphatic rings. The smallest absolute Gasteiger partial charge is 0.314 e. The number of anilines is 1. The van der Waals surface area contributed by atoms with Gasteiger partial charge in [-0.2, -0.15) is 33.3 Å². The first kappa shape index (κ1) is 23.5. The van der Waals surface area contributed by atoms with Crippen LogP contribution in [0.1, 0.15) is 17.9 Å². The zero-order chi connectivity index (χ0) is 23.6. The maximum atomic E-state index is 14.9. The maximum Gasteiger partial charge on any atom is 0.314 e. The molecule has 0 spiro atoms. The highest BCUT2D eigenvalue weighted by Crippen LogP contribution is 2.29.